The zero-order chi connectivity index (χ0) is 24.6. The molecule has 0 fully saturated rings. The fourth-order valence-corrected chi connectivity index (χ4v) is 3.76. The summed E-state index contributed by atoms with van der Waals surface area (Å²) in [5.41, 5.74) is 1.40. The molecule has 2 unspecified atom stereocenters. The van der Waals surface area contributed by atoms with Crippen LogP contribution in [0, 0.1) is 5.82 Å². The van der Waals surface area contributed by atoms with Gasteiger partial charge in [0.15, 0.2) is 11.2 Å². The van der Waals surface area contributed by atoms with Crippen molar-refractivity contribution in [2.24, 2.45) is 0 Å². The Labute approximate surface area is 200 Å². The molecule has 3 aromatic rings. The first-order valence-corrected chi connectivity index (χ1v) is 11.3. The van der Waals surface area contributed by atoms with Gasteiger partial charge in [-0.1, -0.05) is 24.3 Å². The van der Waals surface area contributed by atoms with Crippen molar-refractivity contribution in [2.45, 2.75) is 25.2 Å². The highest BCUT2D eigenvalue weighted by Gasteiger charge is 2.30. The van der Waals surface area contributed by atoms with Gasteiger partial charge in [-0.2, -0.15) is 0 Å². The normalized spacial score (nSPS) is 17.6. The summed E-state index contributed by atoms with van der Waals surface area (Å²) >= 11 is 0. The highest BCUT2D eigenvalue weighted by Crippen LogP contribution is 2.31. The molecule has 0 radical (unpaired) electrons. The molecule has 4 rings (SSSR count). The Morgan fingerprint density at radius 3 is 2.71 bits per heavy atom. The second-order valence-electron chi connectivity index (χ2n) is 7.95. The molecule has 35 heavy (non-hydrogen) atoms. The van der Waals surface area contributed by atoms with E-state index in [1.165, 1.54) is 18.4 Å². The standard InChI is InChI=1S/C26H26FNO7/c27-19-7-5-17(6-8-19)15-28-26(31)23-13-18(14-24(35-23)33-12-11-32-10-9-29)21-16-34-22-4-2-1-3-20(22)25(21)30/h1-8,13,16,18,24,29H,9-12,14-15H2,(H,28,31). The zero-order valence-corrected chi connectivity index (χ0v) is 18.9. The molecule has 1 amide bonds. The Bertz CT molecular complexity index is 1240. The van der Waals surface area contributed by atoms with Gasteiger partial charge in [0.1, 0.15) is 11.4 Å². The summed E-state index contributed by atoms with van der Waals surface area (Å²) < 4.78 is 35.5. The number of carbonyl (C=O) groups is 1. The monoisotopic (exact) mass is 483 g/mol. The molecule has 0 bridgehead atoms. The van der Waals surface area contributed by atoms with E-state index in [4.69, 9.17) is 23.7 Å². The van der Waals surface area contributed by atoms with E-state index in [2.05, 4.69) is 5.32 Å². The molecule has 0 saturated heterocycles. The number of amides is 1. The summed E-state index contributed by atoms with van der Waals surface area (Å²) in [7, 11) is 0. The van der Waals surface area contributed by atoms with Crippen LogP contribution in [0.4, 0.5) is 4.39 Å². The molecular formula is C26H26FNO7. The maximum atomic E-state index is 13.1. The third-order valence-corrected chi connectivity index (χ3v) is 5.52. The Balaban J connectivity index is 1.53. The number of fused-ring (bicyclic) bond motifs is 1. The fraction of sp³-hybridized carbons (Fsp3) is 0.308. The Hall–Kier alpha value is -3.53. The first-order valence-electron chi connectivity index (χ1n) is 11.3. The minimum Gasteiger partial charge on any atom is -0.464 e. The van der Waals surface area contributed by atoms with Gasteiger partial charge in [0.2, 0.25) is 6.29 Å². The van der Waals surface area contributed by atoms with Crippen LogP contribution in [0.25, 0.3) is 11.0 Å². The minimum atomic E-state index is -0.805. The van der Waals surface area contributed by atoms with Crippen molar-refractivity contribution in [3.63, 3.8) is 0 Å². The zero-order valence-electron chi connectivity index (χ0n) is 18.9. The molecule has 0 aliphatic carbocycles. The van der Waals surface area contributed by atoms with Gasteiger partial charge >= 0.3 is 0 Å². The number of hydrogen-bond acceptors (Lipinski definition) is 7. The number of allylic oxidation sites excluding steroid dienone is 1. The van der Waals surface area contributed by atoms with Crippen LogP contribution in [0.5, 0.6) is 0 Å². The molecule has 8 nitrogen and oxygen atoms in total. The number of hydrogen-bond donors (Lipinski definition) is 2. The predicted octanol–water partition coefficient (Wildman–Crippen LogP) is 2.99. The molecule has 1 aliphatic rings. The highest BCUT2D eigenvalue weighted by molar-refractivity contribution is 5.91. The number of ether oxygens (including phenoxy) is 3. The smallest absolute Gasteiger partial charge is 0.286 e. The molecule has 1 aromatic heterocycles. The quantitative estimate of drug-likeness (QED) is 0.427. The molecule has 2 N–H and O–H groups in total. The second-order valence-corrected chi connectivity index (χ2v) is 7.95. The number of rotatable bonds is 10. The summed E-state index contributed by atoms with van der Waals surface area (Å²) in [6.07, 6.45) is 2.48. The van der Waals surface area contributed by atoms with Gasteiger partial charge in [-0.05, 0) is 35.9 Å². The molecule has 184 valence electrons. The van der Waals surface area contributed by atoms with Crippen molar-refractivity contribution in [1.29, 1.82) is 0 Å². The summed E-state index contributed by atoms with van der Waals surface area (Å²) in [5.74, 6) is -1.33. The number of aliphatic hydroxyl groups excluding tert-OH is 1. The summed E-state index contributed by atoms with van der Waals surface area (Å²) in [6, 6.07) is 12.7. The highest BCUT2D eigenvalue weighted by atomic mass is 19.1. The lowest BCUT2D eigenvalue weighted by atomic mass is 9.93. The molecule has 2 heterocycles. The number of nitrogens with one attached hydrogen (secondary N) is 1. The van der Waals surface area contributed by atoms with Gasteiger partial charge in [0, 0.05) is 24.4 Å². The average molecular weight is 483 g/mol. The van der Waals surface area contributed by atoms with Gasteiger partial charge in [0.05, 0.1) is 38.1 Å². The van der Waals surface area contributed by atoms with E-state index in [1.54, 1.807) is 42.5 Å². The van der Waals surface area contributed by atoms with Crippen molar-refractivity contribution < 1.29 is 32.9 Å². The summed E-state index contributed by atoms with van der Waals surface area (Å²) in [6.45, 7) is 0.670. The van der Waals surface area contributed by atoms with Crippen LogP contribution in [0.15, 0.2) is 75.8 Å². The van der Waals surface area contributed by atoms with E-state index in [1.807, 2.05) is 0 Å². The largest absolute Gasteiger partial charge is 0.464 e. The van der Waals surface area contributed by atoms with E-state index in [0.29, 0.717) is 16.5 Å². The maximum Gasteiger partial charge on any atom is 0.286 e. The van der Waals surface area contributed by atoms with Gasteiger partial charge in [-0.15, -0.1) is 0 Å². The van der Waals surface area contributed by atoms with Crippen LogP contribution in [0.1, 0.15) is 23.5 Å². The van der Waals surface area contributed by atoms with Crippen molar-refractivity contribution >= 4 is 16.9 Å². The topological polar surface area (TPSA) is 107 Å². The summed E-state index contributed by atoms with van der Waals surface area (Å²) in [5, 5.41) is 12.0. The lowest BCUT2D eigenvalue weighted by molar-refractivity contribution is -0.151. The number of para-hydroxylation sites is 1. The second kappa shape index (κ2) is 11.7. The molecule has 1 aliphatic heterocycles. The van der Waals surface area contributed by atoms with E-state index in [-0.39, 0.29) is 56.4 Å². The van der Waals surface area contributed by atoms with Crippen LogP contribution in [-0.2, 0) is 25.5 Å². The van der Waals surface area contributed by atoms with Crippen LogP contribution in [0.2, 0.25) is 0 Å². The number of halogens is 1. The Morgan fingerprint density at radius 1 is 1.11 bits per heavy atom. The molecule has 0 spiro atoms. The molecular weight excluding hydrogens is 457 g/mol. The van der Waals surface area contributed by atoms with E-state index in [0.717, 1.165) is 5.56 Å². The van der Waals surface area contributed by atoms with Crippen molar-refractivity contribution in [2.75, 3.05) is 26.4 Å². The molecule has 0 saturated carbocycles. The van der Waals surface area contributed by atoms with Gasteiger partial charge in [0.25, 0.3) is 5.91 Å². The van der Waals surface area contributed by atoms with Crippen molar-refractivity contribution in [3.8, 4) is 0 Å². The van der Waals surface area contributed by atoms with Crippen LogP contribution < -0.4 is 10.7 Å². The lowest BCUT2D eigenvalue weighted by Crippen LogP contribution is -2.34. The summed E-state index contributed by atoms with van der Waals surface area (Å²) in [4.78, 5) is 26.0. The number of carbonyl (C=O) groups excluding carboxylic acids is 1. The molecule has 2 aromatic carbocycles. The third-order valence-electron chi connectivity index (χ3n) is 5.52. The van der Waals surface area contributed by atoms with Crippen molar-refractivity contribution in [1.82, 2.24) is 5.32 Å². The van der Waals surface area contributed by atoms with Crippen LogP contribution in [-0.4, -0.2) is 43.7 Å². The number of benzene rings is 2. The first kappa shape index (κ1) is 24.6. The maximum absolute atomic E-state index is 13.1. The minimum absolute atomic E-state index is 0.0113. The fourth-order valence-electron chi connectivity index (χ4n) is 3.76. The molecule has 2 atom stereocenters. The SMILES string of the molecule is O=C(NCc1ccc(F)cc1)C1=CC(c2coc3ccccc3c2=O)CC(OCCOCCO)O1. The van der Waals surface area contributed by atoms with Gasteiger partial charge < -0.3 is 29.1 Å². The molecule has 9 heteroatoms. The Kier molecular flexibility index (Phi) is 8.25. The van der Waals surface area contributed by atoms with Crippen molar-refractivity contribution in [3.05, 3.63) is 93.8 Å². The van der Waals surface area contributed by atoms with E-state index >= 15 is 0 Å². The van der Waals surface area contributed by atoms with Crippen LogP contribution in [0.3, 0.4) is 0 Å². The first-order chi connectivity index (χ1) is 17.0. The predicted molar refractivity (Wildman–Crippen MR) is 125 cm³/mol. The van der Waals surface area contributed by atoms with Gasteiger partial charge in [-0.25, -0.2) is 4.39 Å². The average Bonchev–Trinajstić information content (AvgIpc) is 2.88. The van der Waals surface area contributed by atoms with Crippen LogP contribution >= 0.6 is 0 Å². The lowest BCUT2D eigenvalue weighted by Gasteiger charge is -2.29. The van der Waals surface area contributed by atoms with E-state index in [9.17, 15) is 14.0 Å². The third kappa shape index (κ3) is 6.33. The van der Waals surface area contributed by atoms with Gasteiger partial charge in [-0.3, -0.25) is 9.59 Å². The Morgan fingerprint density at radius 2 is 1.91 bits per heavy atom. The van der Waals surface area contributed by atoms with E-state index < -0.39 is 18.1 Å². The number of aliphatic hydroxyl groups is 1.